The number of benzene rings is 1. The Labute approximate surface area is 137 Å². The molecule has 1 rings (SSSR count). The predicted octanol–water partition coefficient (Wildman–Crippen LogP) is 5.58. The molecule has 0 aliphatic carbocycles. The highest BCUT2D eigenvalue weighted by molar-refractivity contribution is 6.67. The fourth-order valence-electron chi connectivity index (χ4n) is 2.96. The van der Waals surface area contributed by atoms with Crippen molar-refractivity contribution in [3.05, 3.63) is 42.0 Å². The first-order valence-electron chi connectivity index (χ1n) is 8.69. The van der Waals surface area contributed by atoms with Crippen LogP contribution in [0.1, 0.15) is 51.2 Å². The highest BCUT2D eigenvalue weighted by Crippen LogP contribution is 2.23. The fraction of sp³-hybridized carbons (Fsp3) is 0.579. The molecule has 1 aromatic carbocycles. The van der Waals surface area contributed by atoms with E-state index < -0.39 is 8.56 Å². The lowest BCUT2D eigenvalue weighted by Crippen LogP contribution is -2.42. The van der Waals surface area contributed by atoms with Gasteiger partial charge in [0.2, 0.25) is 0 Å². The summed E-state index contributed by atoms with van der Waals surface area (Å²) in [5.41, 5.74) is 2.59. The Morgan fingerprint density at radius 2 is 1.73 bits per heavy atom. The van der Waals surface area contributed by atoms with Gasteiger partial charge in [-0.3, -0.25) is 0 Å². The quantitative estimate of drug-likeness (QED) is 0.370. The Balaban J connectivity index is 2.53. The highest BCUT2D eigenvalue weighted by Gasteiger charge is 2.35. The van der Waals surface area contributed by atoms with Gasteiger partial charge in [0.15, 0.2) is 0 Å². The Hall–Kier alpha value is -0.903. The lowest BCUT2D eigenvalue weighted by Gasteiger charge is -2.30. The van der Waals surface area contributed by atoms with Crippen molar-refractivity contribution < 1.29 is 8.85 Å². The van der Waals surface area contributed by atoms with Crippen molar-refractivity contribution in [2.75, 3.05) is 13.2 Å². The summed E-state index contributed by atoms with van der Waals surface area (Å²) in [4.78, 5) is 0. The number of hydrogen-bond acceptors (Lipinski definition) is 2. The third-order valence-corrected chi connectivity index (χ3v) is 7.97. The molecule has 3 heteroatoms. The summed E-state index contributed by atoms with van der Waals surface area (Å²) < 4.78 is 12.4. The van der Waals surface area contributed by atoms with Gasteiger partial charge in [-0.2, -0.15) is 0 Å². The molecule has 0 saturated carbocycles. The molecule has 0 radical (unpaired) electrons. The van der Waals surface area contributed by atoms with Crippen LogP contribution in [-0.2, 0) is 15.3 Å². The molecule has 0 aliphatic heterocycles. The molecule has 1 aromatic rings. The van der Waals surface area contributed by atoms with E-state index in [1.54, 1.807) is 0 Å². The third-order valence-electron chi connectivity index (χ3n) is 3.90. The molecule has 0 heterocycles. The van der Waals surface area contributed by atoms with Crippen molar-refractivity contribution in [2.45, 2.75) is 58.5 Å². The molecule has 0 saturated heterocycles. The van der Waals surface area contributed by atoms with Gasteiger partial charge in [-0.15, -0.1) is 0 Å². The van der Waals surface area contributed by atoms with Gasteiger partial charge in [-0.05, 0) is 43.0 Å². The van der Waals surface area contributed by atoms with E-state index in [2.05, 4.69) is 51.6 Å². The molecule has 0 bridgehead atoms. The average Bonchev–Trinajstić information content (AvgIpc) is 2.53. The van der Waals surface area contributed by atoms with Crippen LogP contribution in [-0.4, -0.2) is 21.8 Å². The van der Waals surface area contributed by atoms with E-state index in [9.17, 15) is 0 Å². The first kappa shape index (κ1) is 19.1. The zero-order valence-electron chi connectivity index (χ0n) is 14.6. The van der Waals surface area contributed by atoms with Gasteiger partial charge in [0.25, 0.3) is 0 Å². The summed E-state index contributed by atoms with van der Waals surface area (Å²) in [6.45, 7) is 12.0. The second kappa shape index (κ2) is 10.8. The SMILES string of the molecule is C=Cc1ccccc1CCCO[Si](CCC)(CCC)OCC. The van der Waals surface area contributed by atoms with Gasteiger partial charge in [0.1, 0.15) is 0 Å². The van der Waals surface area contributed by atoms with Crippen LogP contribution in [0.3, 0.4) is 0 Å². The van der Waals surface area contributed by atoms with E-state index in [1.165, 1.54) is 11.1 Å². The lowest BCUT2D eigenvalue weighted by molar-refractivity contribution is 0.171. The van der Waals surface area contributed by atoms with Crippen LogP contribution in [0, 0.1) is 0 Å². The smallest absolute Gasteiger partial charge is 0.338 e. The second-order valence-corrected chi connectivity index (χ2v) is 9.10. The zero-order chi connectivity index (χ0) is 16.3. The summed E-state index contributed by atoms with van der Waals surface area (Å²) in [5, 5.41) is 0. The van der Waals surface area contributed by atoms with Crippen molar-refractivity contribution in [1.82, 2.24) is 0 Å². The molecule has 2 nitrogen and oxygen atoms in total. The van der Waals surface area contributed by atoms with Gasteiger partial charge in [-0.1, -0.05) is 63.6 Å². The van der Waals surface area contributed by atoms with Crippen molar-refractivity contribution in [3.8, 4) is 0 Å². The first-order chi connectivity index (χ1) is 10.7. The number of aryl methyl sites for hydroxylation is 1. The number of rotatable bonds is 12. The minimum Gasteiger partial charge on any atom is -0.394 e. The Kier molecular flexibility index (Phi) is 9.36. The van der Waals surface area contributed by atoms with Gasteiger partial charge < -0.3 is 8.85 Å². The minimum absolute atomic E-state index is 0.769. The second-order valence-electron chi connectivity index (χ2n) is 5.70. The molecular weight excluding hydrogens is 288 g/mol. The maximum absolute atomic E-state index is 6.34. The van der Waals surface area contributed by atoms with E-state index in [0.717, 1.165) is 51.0 Å². The Morgan fingerprint density at radius 3 is 2.32 bits per heavy atom. The van der Waals surface area contributed by atoms with E-state index in [1.807, 2.05) is 6.08 Å². The monoisotopic (exact) mass is 320 g/mol. The van der Waals surface area contributed by atoms with Crippen molar-refractivity contribution in [2.24, 2.45) is 0 Å². The summed E-state index contributed by atoms with van der Waals surface area (Å²) in [5.74, 6) is 0. The molecule has 124 valence electrons. The molecule has 0 unspecified atom stereocenters. The van der Waals surface area contributed by atoms with Crippen LogP contribution < -0.4 is 0 Å². The molecule has 0 atom stereocenters. The van der Waals surface area contributed by atoms with Crippen LogP contribution in [0.2, 0.25) is 12.1 Å². The average molecular weight is 321 g/mol. The summed E-state index contributed by atoms with van der Waals surface area (Å²) in [7, 11) is -1.98. The van der Waals surface area contributed by atoms with Gasteiger partial charge in [-0.25, -0.2) is 0 Å². The van der Waals surface area contributed by atoms with E-state index in [4.69, 9.17) is 8.85 Å². The molecule has 22 heavy (non-hydrogen) atoms. The molecular formula is C19H32O2Si. The van der Waals surface area contributed by atoms with Crippen LogP contribution >= 0.6 is 0 Å². The van der Waals surface area contributed by atoms with Gasteiger partial charge in [0.05, 0.1) is 0 Å². The van der Waals surface area contributed by atoms with E-state index >= 15 is 0 Å². The standard InChI is InChI=1S/C19H32O2Si/c1-5-16-22(17-6-2,20-8-4)21-15-11-14-19-13-10-9-12-18(19)7-3/h7,9-10,12-13H,3,5-6,8,11,14-17H2,1-2,4H3. The highest BCUT2D eigenvalue weighted by atomic mass is 28.4. The Morgan fingerprint density at radius 1 is 1.05 bits per heavy atom. The van der Waals surface area contributed by atoms with Crippen LogP contribution in [0.4, 0.5) is 0 Å². The molecule has 0 aromatic heterocycles. The third kappa shape index (κ3) is 6.07. The van der Waals surface area contributed by atoms with Gasteiger partial charge in [0, 0.05) is 13.2 Å². The maximum atomic E-state index is 6.34. The van der Waals surface area contributed by atoms with Crippen molar-refractivity contribution in [3.63, 3.8) is 0 Å². The van der Waals surface area contributed by atoms with Crippen molar-refractivity contribution in [1.29, 1.82) is 0 Å². The van der Waals surface area contributed by atoms with Gasteiger partial charge >= 0.3 is 8.56 Å². The minimum atomic E-state index is -1.98. The summed E-state index contributed by atoms with van der Waals surface area (Å²) >= 11 is 0. The normalized spacial score (nSPS) is 11.6. The van der Waals surface area contributed by atoms with Crippen LogP contribution in [0.15, 0.2) is 30.8 Å². The molecule has 0 N–H and O–H groups in total. The van der Waals surface area contributed by atoms with E-state index in [0.29, 0.717) is 0 Å². The number of hydrogen-bond donors (Lipinski definition) is 0. The maximum Gasteiger partial charge on any atom is 0.338 e. The zero-order valence-corrected chi connectivity index (χ0v) is 15.6. The fourth-order valence-corrected chi connectivity index (χ4v) is 6.44. The predicted molar refractivity (Wildman–Crippen MR) is 98.4 cm³/mol. The summed E-state index contributed by atoms with van der Waals surface area (Å²) in [6.07, 6.45) is 6.30. The van der Waals surface area contributed by atoms with Crippen LogP contribution in [0.25, 0.3) is 6.08 Å². The topological polar surface area (TPSA) is 18.5 Å². The van der Waals surface area contributed by atoms with Crippen molar-refractivity contribution >= 4 is 14.6 Å². The Bertz CT molecular complexity index is 414. The molecule has 0 aliphatic rings. The first-order valence-corrected chi connectivity index (χ1v) is 10.9. The van der Waals surface area contributed by atoms with Crippen LogP contribution in [0.5, 0.6) is 0 Å². The largest absolute Gasteiger partial charge is 0.394 e. The lowest BCUT2D eigenvalue weighted by atomic mass is 10.0. The summed E-state index contributed by atoms with van der Waals surface area (Å²) in [6, 6.07) is 10.7. The molecule has 0 spiro atoms. The molecule has 0 fully saturated rings. The van der Waals surface area contributed by atoms with E-state index in [-0.39, 0.29) is 0 Å². The molecule has 0 amide bonds.